The summed E-state index contributed by atoms with van der Waals surface area (Å²) in [6.07, 6.45) is 1.70. The molecule has 2 aromatic carbocycles. The molecule has 1 unspecified atom stereocenters. The summed E-state index contributed by atoms with van der Waals surface area (Å²) < 4.78 is 13.5. The van der Waals surface area contributed by atoms with Gasteiger partial charge in [-0.05, 0) is 36.4 Å². The molecule has 1 aromatic heterocycles. The number of benzene rings is 2. The second kappa shape index (κ2) is 7.02. The first-order chi connectivity index (χ1) is 12.6. The first kappa shape index (κ1) is 16.9. The van der Waals surface area contributed by atoms with E-state index in [9.17, 15) is 9.50 Å². The van der Waals surface area contributed by atoms with E-state index in [0.29, 0.717) is 5.52 Å². The van der Waals surface area contributed by atoms with Crippen molar-refractivity contribution in [2.75, 3.05) is 33.2 Å². The molecule has 0 bridgehead atoms. The Labute approximate surface area is 152 Å². The minimum Gasteiger partial charge on any atom is -0.505 e. The highest BCUT2D eigenvalue weighted by molar-refractivity contribution is 5.85. The molecule has 2 heterocycles. The van der Waals surface area contributed by atoms with Crippen molar-refractivity contribution in [1.29, 1.82) is 0 Å². The van der Waals surface area contributed by atoms with Gasteiger partial charge in [0.05, 0.1) is 12.6 Å². The van der Waals surface area contributed by atoms with Crippen LogP contribution in [0.25, 0.3) is 10.9 Å². The number of fused-ring (bicyclic) bond motifs is 1. The molecular weight excluding hydrogens is 329 g/mol. The number of pyridine rings is 1. The molecule has 0 aliphatic carbocycles. The topological polar surface area (TPSA) is 42.0 Å². The zero-order chi connectivity index (χ0) is 18.1. The average Bonchev–Trinajstić information content (AvgIpc) is 2.67. The third-order valence-corrected chi connectivity index (χ3v) is 5.45. The predicted molar refractivity (Wildman–Crippen MR) is 99.0 cm³/mol. The van der Waals surface area contributed by atoms with Crippen LogP contribution < -0.4 is 9.80 Å². The number of phenolic OH excluding ortho intramolecular Hbond substituents is 1. The Morgan fingerprint density at radius 3 is 2.46 bits per heavy atom. The van der Waals surface area contributed by atoms with Gasteiger partial charge in [0.1, 0.15) is 43.6 Å². The van der Waals surface area contributed by atoms with Crippen LogP contribution in [-0.2, 0) is 0 Å². The van der Waals surface area contributed by atoms with E-state index in [1.807, 2.05) is 36.4 Å². The number of likely N-dealkylation sites (N-methyl/N-ethyl adjacent to an activating group) is 1. The number of hydrogen-bond acceptors (Lipinski definition) is 2. The number of piperazine rings is 1. The minimum absolute atomic E-state index is 0.0323. The number of halogens is 1. The van der Waals surface area contributed by atoms with E-state index in [1.165, 1.54) is 21.9 Å². The van der Waals surface area contributed by atoms with Crippen molar-refractivity contribution in [3.63, 3.8) is 0 Å². The van der Waals surface area contributed by atoms with Crippen molar-refractivity contribution < 1.29 is 19.3 Å². The molecule has 26 heavy (non-hydrogen) atoms. The highest BCUT2D eigenvalue weighted by Gasteiger charge is 2.33. The quantitative estimate of drug-likeness (QED) is 0.645. The summed E-state index contributed by atoms with van der Waals surface area (Å²) in [6, 6.07) is 14.5. The van der Waals surface area contributed by atoms with Crippen LogP contribution in [0.1, 0.15) is 17.2 Å². The Bertz CT molecular complexity index is 905. The molecule has 0 amide bonds. The van der Waals surface area contributed by atoms with Crippen LogP contribution >= 0.6 is 0 Å². The molecule has 3 N–H and O–H groups in total. The molecule has 0 saturated carbocycles. The van der Waals surface area contributed by atoms with Crippen LogP contribution in [0.5, 0.6) is 5.75 Å². The molecule has 1 aliphatic heterocycles. The van der Waals surface area contributed by atoms with Crippen LogP contribution in [0.3, 0.4) is 0 Å². The summed E-state index contributed by atoms with van der Waals surface area (Å²) in [5.74, 6) is -0.00841. The molecule has 5 heteroatoms. The van der Waals surface area contributed by atoms with Gasteiger partial charge in [0.15, 0.2) is 5.75 Å². The van der Waals surface area contributed by atoms with E-state index in [2.05, 4.69) is 12.0 Å². The van der Waals surface area contributed by atoms with E-state index in [-0.39, 0.29) is 17.6 Å². The molecule has 1 aliphatic rings. The lowest BCUT2D eigenvalue weighted by Gasteiger charge is -2.34. The van der Waals surface area contributed by atoms with Gasteiger partial charge < -0.3 is 14.9 Å². The Kier molecular flexibility index (Phi) is 4.57. The van der Waals surface area contributed by atoms with Crippen molar-refractivity contribution in [1.82, 2.24) is 4.98 Å². The Balaban J connectivity index is 1.82. The molecule has 0 radical (unpaired) electrons. The Morgan fingerprint density at radius 2 is 1.73 bits per heavy atom. The lowest BCUT2D eigenvalue weighted by Crippen LogP contribution is -3.27. The molecule has 134 valence electrons. The van der Waals surface area contributed by atoms with E-state index in [4.69, 9.17) is 0 Å². The van der Waals surface area contributed by atoms with Gasteiger partial charge in [0.2, 0.25) is 0 Å². The predicted octanol–water partition coefficient (Wildman–Crippen LogP) is 0.582. The number of rotatable bonds is 3. The van der Waals surface area contributed by atoms with Gasteiger partial charge in [-0.2, -0.15) is 0 Å². The average molecular weight is 353 g/mol. The van der Waals surface area contributed by atoms with E-state index in [0.717, 1.165) is 42.7 Å². The molecule has 1 atom stereocenters. The van der Waals surface area contributed by atoms with Crippen molar-refractivity contribution in [3.8, 4) is 5.75 Å². The number of aromatic hydroxyl groups is 1. The molecule has 4 nitrogen and oxygen atoms in total. The molecular formula is C21H24FN3O+2. The lowest BCUT2D eigenvalue weighted by atomic mass is 9.94. The summed E-state index contributed by atoms with van der Waals surface area (Å²) in [5.41, 5.74) is 2.50. The SMILES string of the molecule is C[NH+]1CC[NH+](C(c2ccc(F)cc2)c2ccc3cccnc3c2O)CC1. The highest BCUT2D eigenvalue weighted by Crippen LogP contribution is 2.33. The van der Waals surface area contributed by atoms with E-state index < -0.39 is 0 Å². The van der Waals surface area contributed by atoms with Crippen molar-refractivity contribution in [2.24, 2.45) is 0 Å². The Morgan fingerprint density at radius 1 is 1.00 bits per heavy atom. The third-order valence-electron chi connectivity index (χ3n) is 5.45. The molecule has 3 aromatic rings. The molecule has 1 fully saturated rings. The van der Waals surface area contributed by atoms with Crippen molar-refractivity contribution >= 4 is 10.9 Å². The number of hydrogen-bond donors (Lipinski definition) is 3. The number of nitrogens with zero attached hydrogens (tertiary/aromatic N) is 1. The number of quaternary nitrogens is 2. The first-order valence-corrected chi connectivity index (χ1v) is 9.11. The van der Waals surface area contributed by atoms with Crippen LogP contribution in [-0.4, -0.2) is 43.3 Å². The normalized spacial score (nSPS) is 21.6. The lowest BCUT2D eigenvalue weighted by molar-refractivity contribution is -1.02. The monoisotopic (exact) mass is 353 g/mol. The van der Waals surface area contributed by atoms with Crippen LogP contribution in [0.15, 0.2) is 54.7 Å². The van der Waals surface area contributed by atoms with Crippen molar-refractivity contribution in [3.05, 3.63) is 71.7 Å². The van der Waals surface area contributed by atoms with Gasteiger partial charge in [-0.15, -0.1) is 0 Å². The smallest absolute Gasteiger partial charge is 0.151 e. The summed E-state index contributed by atoms with van der Waals surface area (Å²) in [5, 5.41) is 11.9. The summed E-state index contributed by atoms with van der Waals surface area (Å²) in [4.78, 5) is 7.29. The second-order valence-corrected chi connectivity index (χ2v) is 7.18. The third kappa shape index (κ3) is 3.16. The van der Waals surface area contributed by atoms with Gasteiger partial charge in [0.25, 0.3) is 0 Å². The van der Waals surface area contributed by atoms with Gasteiger partial charge in [-0.1, -0.05) is 12.1 Å². The zero-order valence-electron chi connectivity index (χ0n) is 14.9. The molecule has 0 spiro atoms. The fourth-order valence-electron chi connectivity index (χ4n) is 3.96. The van der Waals surface area contributed by atoms with Gasteiger partial charge in [0, 0.05) is 17.1 Å². The Hall–Kier alpha value is -2.50. The fraction of sp³-hybridized carbons (Fsp3) is 0.286. The second-order valence-electron chi connectivity index (χ2n) is 7.18. The van der Waals surface area contributed by atoms with E-state index in [1.54, 1.807) is 6.20 Å². The number of phenols is 1. The minimum atomic E-state index is -0.241. The van der Waals surface area contributed by atoms with E-state index >= 15 is 0 Å². The number of nitrogens with one attached hydrogen (secondary N) is 2. The summed E-state index contributed by atoms with van der Waals surface area (Å²) in [6.45, 7) is 4.18. The number of aromatic nitrogens is 1. The maximum Gasteiger partial charge on any atom is 0.151 e. The molecule has 1 saturated heterocycles. The standard InChI is InChI=1S/C21H22FN3O/c1-24-11-13-25(14-12-24)20(16-4-7-17(22)8-5-16)18-9-6-15-3-2-10-23-19(15)21(18)26/h2-10,20,26H,11-14H2,1H3/p+2. The maximum absolute atomic E-state index is 13.5. The van der Waals surface area contributed by atoms with Crippen LogP contribution in [0, 0.1) is 5.82 Å². The van der Waals surface area contributed by atoms with Crippen LogP contribution in [0.2, 0.25) is 0 Å². The fourth-order valence-corrected chi connectivity index (χ4v) is 3.96. The largest absolute Gasteiger partial charge is 0.505 e. The summed E-state index contributed by atoms with van der Waals surface area (Å²) >= 11 is 0. The first-order valence-electron chi connectivity index (χ1n) is 9.11. The molecule has 4 rings (SSSR count). The van der Waals surface area contributed by atoms with Gasteiger partial charge in [-0.25, -0.2) is 4.39 Å². The van der Waals surface area contributed by atoms with Crippen LogP contribution in [0.4, 0.5) is 4.39 Å². The maximum atomic E-state index is 13.5. The van der Waals surface area contributed by atoms with Gasteiger partial charge >= 0.3 is 0 Å². The zero-order valence-corrected chi connectivity index (χ0v) is 14.9. The van der Waals surface area contributed by atoms with Gasteiger partial charge in [-0.3, -0.25) is 4.98 Å². The summed E-state index contributed by atoms with van der Waals surface area (Å²) in [7, 11) is 2.21. The highest BCUT2D eigenvalue weighted by atomic mass is 19.1. The van der Waals surface area contributed by atoms with Crippen molar-refractivity contribution in [2.45, 2.75) is 6.04 Å².